The van der Waals surface area contributed by atoms with E-state index in [1.165, 1.54) is 0 Å². The molecule has 0 spiro atoms. The number of nitrogens with one attached hydrogen (secondary N) is 1. The van der Waals surface area contributed by atoms with Gasteiger partial charge in [-0.05, 0) is 26.8 Å². The molecule has 0 unspecified atom stereocenters. The predicted octanol–water partition coefficient (Wildman–Crippen LogP) is 1.20. The van der Waals surface area contributed by atoms with Crippen molar-refractivity contribution in [2.45, 2.75) is 32.2 Å². The zero-order valence-corrected chi connectivity index (χ0v) is 11.2. The Balaban J connectivity index is 1.95. The first-order valence-corrected chi connectivity index (χ1v) is 6.93. The van der Waals surface area contributed by atoms with Gasteiger partial charge >= 0.3 is 0 Å². The third-order valence-corrected chi connectivity index (χ3v) is 3.96. The van der Waals surface area contributed by atoms with Crippen molar-refractivity contribution in [1.29, 1.82) is 0 Å². The van der Waals surface area contributed by atoms with Crippen LogP contribution in [0.5, 0.6) is 0 Å². The van der Waals surface area contributed by atoms with Crippen molar-refractivity contribution in [2.24, 2.45) is 0 Å². The first kappa shape index (κ1) is 12.5. The number of hydrogen-bond acceptors (Lipinski definition) is 4. The summed E-state index contributed by atoms with van der Waals surface area (Å²) >= 11 is 1.61. The summed E-state index contributed by atoms with van der Waals surface area (Å²) < 4.78 is 0. The highest BCUT2D eigenvalue weighted by Crippen LogP contribution is 2.18. The molecular weight excluding hydrogens is 234 g/mol. The molecule has 4 nitrogen and oxygen atoms in total. The fourth-order valence-electron chi connectivity index (χ4n) is 2.36. The molecule has 1 aliphatic heterocycles. The minimum absolute atomic E-state index is 0.216. The number of rotatable bonds is 4. The number of amides is 1. The van der Waals surface area contributed by atoms with E-state index in [1.54, 1.807) is 11.3 Å². The van der Waals surface area contributed by atoms with Gasteiger partial charge in [-0.15, -0.1) is 11.3 Å². The molecule has 0 radical (unpaired) electrons. The van der Waals surface area contributed by atoms with E-state index >= 15 is 0 Å². The number of likely N-dealkylation sites (N-methyl/N-ethyl adjacent to an activating group) is 1. The van der Waals surface area contributed by atoms with E-state index in [2.05, 4.69) is 10.3 Å². The lowest BCUT2D eigenvalue weighted by molar-refractivity contribution is -0.131. The van der Waals surface area contributed by atoms with Gasteiger partial charge in [0.2, 0.25) is 5.91 Å². The Hall–Kier alpha value is -0.940. The van der Waals surface area contributed by atoms with Gasteiger partial charge in [-0.1, -0.05) is 0 Å². The molecule has 1 fully saturated rings. The number of carbonyl (C=O) groups is 1. The lowest BCUT2D eigenvalue weighted by Crippen LogP contribution is -2.41. The van der Waals surface area contributed by atoms with Crippen LogP contribution < -0.4 is 5.32 Å². The standard InChI is InChI=1S/C12H19N3OS/c1-9-14-10(8-17-9)6-12(16)15-5-3-4-11(15)7-13-2/h8,11,13H,3-7H2,1-2H3/t11-/m1/s1. The van der Waals surface area contributed by atoms with Gasteiger partial charge in [-0.25, -0.2) is 4.98 Å². The molecule has 1 N–H and O–H groups in total. The Morgan fingerprint density at radius 3 is 3.18 bits per heavy atom. The highest BCUT2D eigenvalue weighted by molar-refractivity contribution is 7.09. The average molecular weight is 253 g/mol. The van der Waals surface area contributed by atoms with Crippen molar-refractivity contribution in [3.8, 4) is 0 Å². The molecular formula is C12H19N3OS. The molecule has 5 heteroatoms. The molecule has 1 atom stereocenters. The van der Waals surface area contributed by atoms with Gasteiger partial charge in [0.25, 0.3) is 0 Å². The van der Waals surface area contributed by atoms with E-state index in [0.29, 0.717) is 12.5 Å². The SMILES string of the molecule is CNC[C@H]1CCCN1C(=O)Cc1csc(C)n1. The molecule has 0 saturated carbocycles. The summed E-state index contributed by atoms with van der Waals surface area (Å²) in [5.74, 6) is 0.216. The zero-order chi connectivity index (χ0) is 12.3. The number of hydrogen-bond donors (Lipinski definition) is 1. The summed E-state index contributed by atoms with van der Waals surface area (Å²) in [5, 5.41) is 6.17. The summed E-state index contributed by atoms with van der Waals surface area (Å²) in [6.07, 6.45) is 2.68. The van der Waals surface area contributed by atoms with Gasteiger partial charge in [0, 0.05) is 24.5 Å². The molecule has 1 aliphatic rings. The van der Waals surface area contributed by atoms with E-state index in [-0.39, 0.29) is 5.91 Å². The van der Waals surface area contributed by atoms with Crippen LogP contribution >= 0.6 is 11.3 Å². The molecule has 0 aromatic carbocycles. The maximum Gasteiger partial charge on any atom is 0.228 e. The summed E-state index contributed by atoms with van der Waals surface area (Å²) in [4.78, 5) is 18.5. The lowest BCUT2D eigenvalue weighted by Gasteiger charge is -2.24. The van der Waals surface area contributed by atoms with Gasteiger partial charge in [0.15, 0.2) is 0 Å². The van der Waals surface area contributed by atoms with Crippen LogP contribution in [0.2, 0.25) is 0 Å². The second-order valence-corrected chi connectivity index (χ2v) is 5.54. The fourth-order valence-corrected chi connectivity index (χ4v) is 2.97. The largest absolute Gasteiger partial charge is 0.338 e. The zero-order valence-electron chi connectivity index (χ0n) is 10.4. The summed E-state index contributed by atoms with van der Waals surface area (Å²) in [5.41, 5.74) is 0.910. The highest BCUT2D eigenvalue weighted by atomic mass is 32.1. The minimum Gasteiger partial charge on any atom is -0.338 e. The monoisotopic (exact) mass is 253 g/mol. The van der Waals surface area contributed by atoms with Crippen LogP contribution in [0.15, 0.2) is 5.38 Å². The number of aromatic nitrogens is 1. The maximum absolute atomic E-state index is 12.2. The van der Waals surface area contributed by atoms with Crippen molar-refractivity contribution in [3.05, 3.63) is 16.1 Å². The quantitative estimate of drug-likeness (QED) is 0.877. The van der Waals surface area contributed by atoms with Crippen molar-refractivity contribution in [2.75, 3.05) is 20.1 Å². The number of likely N-dealkylation sites (tertiary alicyclic amines) is 1. The molecule has 0 aliphatic carbocycles. The van der Waals surface area contributed by atoms with Gasteiger partial charge < -0.3 is 10.2 Å². The van der Waals surface area contributed by atoms with Crippen LogP contribution in [0.25, 0.3) is 0 Å². The van der Waals surface area contributed by atoms with Crippen molar-refractivity contribution < 1.29 is 4.79 Å². The molecule has 2 rings (SSSR count). The Bertz CT molecular complexity index is 391. The maximum atomic E-state index is 12.2. The second kappa shape index (κ2) is 5.60. The normalized spacial score (nSPS) is 19.9. The Morgan fingerprint density at radius 1 is 1.71 bits per heavy atom. The summed E-state index contributed by atoms with van der Waals surface area (Å²) in [6, 6.07) is 0.368. The molecule has 1 amide bonds. The van der Waals surface area contributed by atoms with Crippen LogP contribution in [0.1, 0.15) is 23.5 Å². The summed E-state index contributed by atoms with van der Waals surface area (Å²) in [7, 11) is 1.94. The minimum atomic E-state index is 0.216. The predicted molar refractivity (Wildman–Crippen MR) is 69.2 cm³/mol. The van der Waals surface area contributed by atoms with E-state index in [1.807, 2.05) is 24.3 Å². The topological polar surface area (TPSA) is 45.2 Å². The number of nitrogens with zero attached hydrogens (tertiary/aromatic N) is 2. The molecule has 0 bridgehead atoms. The van der Waals surface area contributed by atoms with Crippen molar-refractivity contribution in [1.82, 2.24) is 15.2 Å². The molecule has 17 heavy (non-hydrogen) atoms. The van der Waals surface area contributed by atoms with Gasteiger partial charge in [0.05, 0.1) is 17.1 Å². The molecule has 1 aromatic rings. The number of carbonyl (C=O) groups excluding carboxylic acids is 1. The average Bonchev–Trinajstić information content (AvgIpc) is 2.88. The van der Waals surface area contributed by atoms with E-state index in [0.717, 1.165) is 36.6 Å². The van der Waals surface area contributed by atoms with Crippen molar-refractivity contribution in [3.63, 3.8) is 0 Å². The summed E-state index contributed by atoms with van der Waals surface area (Å²) in [6.45, 7) is 3.76. The number of thiazole rings is 1. The molecule has 1 aromatic heterocycles. The Kier molecular flexibility index (Phi) is 4.12. The first-order chi connectivity index (χ1) is 8.20. The Morgan fingerprint density at radius 2 is 2.53 bits per heavy atom. The number of aryl methyl sites for hydroxylation is 1. The highest BCUT2D eigenvalue weighted by Gasteiger charge is 2.28. The smallest absolute Gasteiger partial charge is 0.228 e. The van der Waals surface area contributed by atoms with Gasteiger partial charge in [-0.2, -0.15) is 0 Å². The van der Waals surface area contributed by atoms with Gasteiger partial charge in [0.1, 0.15) is 0 Å². The van der Waals surface area contributed by atoms with Crippen LogP contribution in [0, 0.1) is 6.92 Å². The van der Waals surface area contributed by atoms with Crippen molar-refractivity contribution >= 4 is 17.2 Å². The van der Waals surface area contributed by atoms with E-state index in [9.17, 15) is 4.79 Å². The molecule has 2 heterocycles. The fraction of sp³-hybridized carbons (Fsp3) is 0.667. The Labute approximate surface area is 106 Å². The first-order valence-electron chi connectivity index (χ1n) is 6.06. The van der Waals surface area contributed by atoms with Crippen LogP contribution in [0.4, 0.5) is 0 Å². The molecule has 1 saturated heterocycles. The van der Waals surface area contributed by atoms with Crippen LogP contribution in [0.3, 0.4) is 0 Å². The second-order valence-electron chi connectivity index (χ2n) is 4.48. The van der Waals surface area contributed by atoms with Crippen LogP contribution in [-0.2, 0) is 11.2 Å². The van der Waals surface area contributed by atoms with Crippen LogP contribution in [-0.4, -0.2) is 42.0 Å². The van der Waals surface area contributed by atoms with E-state index < -0.39 is 0 Å². The van der Waals surface area contributed by atoms with E-state index in [4.69, 9.17) is 0 Å². The third-order valence-electron chi connectivity index (χ3n) is 3.14. The lowest BCUT2D eigenvalue weighted by atomic mass is 10.2. The third kappa shape index (κ3) is 3.04. The van der Waals surface area contributed by atoms with Gasteiger partial charge in [-0.3, -0.25) is 4.79 Å². The molecule has 94 valence electrons.